The Hall–Kier alpha value is -0.800. The minimum atomic E-state index is -0.880. The summed E-state index contributed by atoms with van der Waals surface area (Å²) in [6, 6.07) is 0. The first kappa shape index (κ1) is 32.4. The molecule has 0 aliphatic carbocycles. The molecule has 4 atom stereocenters. The van der Waals surface area contributed by atoms with Gasteiger partial charge in [-0.05, 0) is 25.7 Å². The van der Waals surface area contributed by atoms with Crippen molar-refractivity contribution in [2.75, 3.05) is 54.4 Å². The normalized spacial score (nSPS) is 28.9. The van der Waals surface area contributed by atoms with Crippen LogP contribution >= 0.6 is 0 Å². The van der Waals surface area contributed by atoms with Crippen LogP contribution in [-0.4, -0.2) is 89.2 Å². The van der Waals surface area contributed by atoms with Crippen LogP contribution < -0.4 is 0 Å². The lowest BCUT2D eigenvalue weighted by atomic mass is 10.2. The first-order valence-corrected chi connectivity index (χ1v) is 9.80. The van der Waals surface area contributed by atoms with Crippen molar-refractivity contribution in [1.29, 1.82) is 0 Å². The molecule has 0 spiro atoms. The maximum Gasteiger partial charge on any atom is 0.224 e. The average Bonchev–Trinajstić information content (AvgIpc) is 3.54. The molecule has 4 unspecified atom stereocenters. The van der Waals surface area contributed by atoms with Gasteiger partial charge in [0.2, 0.25) is 5.79 Å². The molecule has 3 saturated heterocycles. The molecular formula is C19H40O12. The van der Waals surface area contributed by atoms with Crippen molar-refractivity contribution in [1.82, 2.24) is 0 Å². The van der Waals surface area contributed by atoms with E-state index in [0.29, 0.717) is 25.7 Å². The van der Waals surface area contributed by atoms with Gasteiger partial charge in [0.25, 0.3) is 0 Å². The van der Waals surface area contributed by atoms with Crippen molar-refractivity contribution in [2.24, 2.45) is 0 Å². The van der Waals surface area contributed by atoms with Crippen LogP contribution in [0.4, 0.5) is 0 Å². The summed E-state index contributed by atoms with van der Waals surface area (Å²) in [6.07, 6.45) is 5.63. The molecular weight excluding hydrogens is 420 g/mol. The average molecular weight is 461 g/mol. The van der Waals surface area contributed by atoms with Crippen LogP contribution in [0.25, 0.3) is 0 Å². The number of rotatable bonds is 8. The first-order chi connectivity index (χ1) is 14.6. The van der Waals surface area contributed by atoms with Crippen LogP contribution in [0.5, 0.6) is 0 Å². The van der Waals surface area contributed by atoms with Gasteiger partial charge in [0.1, 0.15) is 6.61 Å². The van der Waals surface area contributed by atoms with Crippen LogP contribution in [0.2, 0.25) is 0 Å². The number of hydrogen-bond acceptors (Lipinski definition) is 12. The van der Waals surface area contributed by atoms with Crippen LogP contribution in [0, 0.1) is 9.93 Å². The van der Waals surface area contributed by atoms with Crippen LogP contribution in [0.1, 0.15) is 46.0 Å². The standard InChI is InChI=1S/2C6H12O4.C6H12O2.CH4.O2/c1-8-4-5-2-3-6(9-5)10-7;1-8-5-6(10-7)3-2-4-9-6;1-7-5-6-3-2-4-8-6;;1-2/h5-7H,2-4H2,1H3;7H,2-5H2,1H3;6H,2-5H2,1H3;1H4;. The van der Waals surface area contributed by atoms with Crippen LogP contribution in [-0.2, 0) is 38.2 Å². The highest BCUT2D eigenvalue weighted by atomic mass is 17.1. The molecule has 2 N–H and O–H groups in total. The highest BCUT2D eigenvalue weighted by molar-refractivity contribution is 4.73. The third-order valence-corrected chi connectivity index (χ3v) is 4.51. The molecule has 3 fully saturated rings. The second-order valence-electron chi connectivity index (χ2n) is 6.80. The summed E-state index contributed by atoms with van der Waals surface area (Å²) >= 11 is 0. The lowest BCUT2D eigenvalue weighted by Crippen LogP contribution is -2.35. The Morgan fingerprint density at radius 3 is 2.00 bits per heavy atom. The number of methoxy groups -OCH3 is 3. The summed E-state index contributed by atoms with van der Waals surface area (Å²) in [6.45, 7) is 3.17. The van der Waals surface area contributed by atoms with E-state index in [-0.39, 0.29) is 20.1 Å². The molecule has 0 radical (unpaired) electrons. The molecule has 0 amide bonds. The van der Waals surface area contributed by atoms with Crippen molar-refractivity contribution >= 4 is 0 Å². The SMILES string of the molecule is C.COCC1(OO)CCCO1.COCC1CCC(OO)O1.COCC1CCCO1.O=O. The summed E-state index contributed by atoms with van der Waals surface area (Å²) in [5.41, 5.74) is 0. The van der Waals surface area contributed by atoms with Crippen molar-refractivity contribution in [3.63, 3.8) is 0 Å². The summed E-state index contributed by atoms with van der Waals surface area (Å²) in [5.74, 6) is -0.880. The molecule has 3 aliphatic heterocycles. The van der Waals surface area contributed by atoms with Crippen molar-refractivity contribution in [2.45, 2.75) is 70.2 Å². The molecule has 3 aliphatic rings. The Balaban J connectivity index is 0. The van der Waals surface area contributed by atoms with Crippen LogP contribution in [0.15, 0.2) is 0 Å². The van der Waals surface area contributed by atoms with E-state index in [1.807, 2.05) is 0 Å². The van der Waals surface area contributed by atoms with Gasteiger partial charge in [0, 0.05) is 50.7 Å². The zero-order chi connectivity index (χ0) is 22.7. The van der Waals surface area contributed by atoms with E-state index in [1.54, 1.807) is 21.3 Å². The van der Waals surface area contributed by atoms with E-state index < -0.39 is 12.1 Å². The van der Waals surface area contributed by atoms with Gasteiger partial charge >= 0.3 is 0 Å². The van der Waals surface area contributed by atoms with E-state index in [1.165, 1.54) is 12.8 Å². The summed E-state index contributed by atoms with van der Waals surface area (Å²) in [5, 5.41) is 16.6. The smallest absolute Gasteiger partial charge is 0.224 e. The molecule has 0 aromatic rings. The lowest BCUT2D eigenvalue weighted by Gasteiger charge is -2.22. The Morgan fingerprint density at radius 2 is 1.58 bits per heavy atom. The summed E-state index contributed by atoms with van der Waals surface area (Å²) in [4.78, 5) is 22.2. The van der Waals surface area contributed by atoms with Gasteiger partial charge in [-0.15, -0.1) is 0 Å². The fourth-order valence-corrected chi connectivity index (χ4v) is 3.12. The van der Waals surface area contributed by atoms with Crippen molar-refractivity contribution in [3.8, 4) is 0 Å². The maximum atomic E-state index is 8.44. The van der Waals surface area contributed by atoms with E-state index in [9.17, 15) is 0 Å². The van der Waals surface area contributed by atoms with Crippen molar-refractivity contribution < 1.29 is 48.7 Å². The summed E-state index contributed by atoms with van der Waals surface area (Å²) in [7, 11) is 4.88. The lowest BCUT2D eigenvalue weighted by molar-refractivity contribution is -0.400. The van der Waals surface area contributed by atoms with Gasteiger partial charge < -0.3 is 28.4 Å². The quantitative estimate of drug-likeness (QED) is 0.405. The Morgan fingerprint density at radius 1 is 0.903 bits per heavy atom. The second-order valence-corrected chi connectivity index (χ2v) is 6.80. The summed E-state index contributed by atoms with van der Waals surface area (Å²) < 4.78 is 30.1. The van der Waals surface area contributed by atoms with E-state index in [2.05, 4.69) is 9.78 Å². The third kappa shape index (κ3) is 14.1. The first-order valence-electron chi connectivity index (χ1n) is 9.80. The molecule has 3 heterocycles. The third-order valence-electron chi connectivity index (χ3n) is 4.51. The second kappa shape index (κ2) is 21.1. The molecule has 0 saturated carbocycles. The Kier molecular flexibility index (Phi) is 22.0. The Labute approximate surface area is 184 Å². The Bertz CT molecular complexity index is 375. The van der Waals surface area contributed by atoms with Gasteiger partial charge in [-0.2, -0.15) is 0 Å². The predicted octanol–water partition coefficient (Wildman–Crippen LogP) is 2.77. The predicted molar refractivity (Wildman–Crippen MR) is 111 cm³/mol. The van der Waals surface area contributed by atoms with E-state index in [0.717, 1.165) is 32.5 Å². The minimum Gasteiger partial charge on any atom is -0.382 e. The zero-order valence-electron chi connectivity index (χ0n) is 18.0. The molecule has 0 aromatic carbocycles. The molecule has 12 heteroatoms. The molecule has 0 aromatic heterocycles. The largest absolute Gasteiger partial charge is 0.382 e. The fourth-order valence-electron chi connectivity index (χ4n) is 3.12. The highest BCUT2D eigenvalue weighted by Gasteiger charge is 2.37. The topological polar surface area (TPSA) is 148 Å². The van der Waals surface area contributed by atoms with Crippen molar-refractivity contribution in [3.05, 3.63) is 9.93 Å². The molecule has 0 bridgehead atoms. The maximum absolute atomic E-state index is 8.44. The van der Waals surface area contributed by atoms with E-state index >= 15 is 0 Å². The molecule has 31 heavy (non-hydrogen) atoms. The monoisotopic (exact) mass is 460 g/mol. The zero-order valence-corrected chi connectivity index (χ0v) is 18.0. The van der Waals surface area contributed by atoms with Gasteiger partial charge in [-0.25, -0.2) is 20.3 Å². The fraction of sp³-hybridized carbons (Fsp3) is 1.00. The number of hydrogen-bond donors (Lipinski definition) is 2. The van der Waals surface area contributed by atoms with Gasteiger partial charge in [-0.1, -0.05) is 7.43 Å². The highest BCUT2D eigenvalue weighted by Crippen LogP contribution is 2.26. The van der Waals surface area contributed by atoms with Gasteiger partial charge in [-0.3, -0.25) is 0 Å². The minimum absolute atomic E-state index is 0. The van der Waals surface area contributed by atoms with Gasteiger partial charge in [0.05, 0.1) is 32.0 Å². The molecule has 188 valence electrons. The van der Waals surface area contributed by atoms with E-state index in [4.69, 9.17) is 48.9 Å². The van der Waals surface area contributed by atoms with Gasteiger partial charge in [0.15, 0.2) is 6.29 Å². The number of ether oxygens (including phenoxy) is 6. The van der Waals surface area contributed by atoms with Crippen LogP contribution in [0.3, 0.4) is 0 Å². The molecule has 12 nitrogen and oxygen atoms in total. The molecule has 3 rings (SSSR count).